The van der Waals surface area contributed by atoms with Crippen LogP contribution in [0.15, 0.2) is 27.7 Å². The number of halogens is 2. The Labute approximate surface area is 196 Å². The van der Waals surface area contributed by atoms with Crippen molar-refractivity contribution in [2.75, 3.05) is 11.1 Å². The van der Waals surface area contributed by atoms with Crippen LogP contribution in [0.25, 0.3) is 11.3 Å². The van der Waals surface area contributed by atoms with E-state index in [9.17, 15) is 20.4 Å². The number of aromatic nitrogens is 3. The molecule has 1 unspecified atom stereocenters. The van der Waals surface area contributed by atoms with Crippen LogP contribution in [0.2, 0.25) is 10.0 Å². The van der Waals surface area contributed by atoms with Crippen LogP contribution in [0, 0.1) is 22.7 Å². The zero-order valence-corrected chi connectivity index (χ0v) is 18.8. The van der Waals surface area contributed by atoms with Crippen molar-refractivity contribution >= 4 is 52.4 Å². The Kier molecular flexibility index (Phi) is 6.75. The molecule has 1 atom stereocenters. The molecular formula is C19H13Cl2N7O3S. The fourth-order valence-corrected chi connectivity index (χ4v) is 4.00. The summed E-state index contributed by atoms with van der Waals surface area (Å²) < 4.78 is 5.71. The number of anilines is 2. The second-order valence-corrected chi connectivity index (χ2v) is 8.53. The number of nitriles is 2. The SMILES string of the molecule is CC(Sc1nc(N)c(C#N)c(-c2c([O-])on[n+]2C)c1C#N)C(=O)Nc1cc(Cl)ccc1Cl. The molecule has 3 aromatic rings. The first-order valence-corrected chi connectivity index (χ1v) is 10.4. The second-order valence-electron chi connectivity index (χ2n) is 6.36. The molecule has 0 saturated heterocycles. The maximum absolute atomic E-state index is 12.7. The van der Waals surface area contributed by atoms with Gasteiger partial charge in [0.05, 0.1) is 32.4 Å². The molecule has 162 valence electrons. The van der Waals surface area contributed by atoms with E-state index in [1.54, 1.807) is 19.1 Å². The molecule has 1 amide bonds. The molecule has 10 nitrogen and oxygen atoms in total. The summed E-state index contributed by atoms with van der Waals surface area (Å²) in [5.74, 6) is -1.52. The van der Waals surface area contributed by atoms with Gasteiger partial charge >= 0.3 is 0 Å². The highest BCUT2D eigenvalue weighted by atomic mass is 35.5. The smallest absolute Gasteiger partial charge is 0.266 e. The third-order valence-electron chi connectivity index (χ3n) is 4.26. The highest BCUT2D eigenvalue weighted by Crippen LogP contribution is 2.38. The molecule has 1 aromatic carbocycles. The third kappa shape index (κ3) is 4.41. The molecule has 2 aromatic heterocycles. The van der Waals surface area contributed by atoms with Crippen molar-refractivity contribution < 1.29 is 19.1 Å². The van der Waals surface area contributed by atoms with Gasteiger partial charge in [0.2, 0.25) is 5.91 Å². The van der Waals surface area contributed by atoms with Gasteiger partial charge in [-0.1, -0.05) is 39.6 Å². The van der Waals surface area contributed by atoms with Crippen LogP contribution in [0.1, 0.15) is 18.1 Å². The summed E-state index contributed by atoms with van der Waals surface area (Å²) in [5, 5.41) is 37.6. The molecule has 0 aliphatic heterocycles. The van der Waals surface area contributed by atoms with Crippen LogP contribution in [0.3, 0.4) is 0 Å². The third-order valence-corrected chi connectivity index (χ3v) is 5.91. The van der Waals surface area contributed by atoms with Gasteiger partial charge in [0.25, 0.3) is 5.69 Å². The summed E-state index contributed by atoms with van der Waals surface area (Å²) >= 11 is 12.9. The van der Waals surface area contributed by atoms with E-state index < -0.39 is 17.1 Å². The van der Waals surface area contributed by atoms with Crippen molar-refractivity contribution in [3.8, 4) is 29.3 Å². The molecule has 0 saturated carbocycles. The van der Waals surface area contributed by atoms with Gasteiger partial charge in [0, 0.05) is 5.02 Å². The number of nitrogens with two attached hydrogens (primary N) is 1. The summed E-state index contributed by atoms with van der Waals surface area (Å²) in [5.41, 5.74) is 5.74. The molecule has 13 heteroatoms. The number of benzene rings is 1. The van der Waals surface area contributed by atoms with Gasteiger partial charge in [-0.05, 0) is 25.1 Å². The van der Waals surface area contributed by atoms with Crippen LogP contribution in [-0.2, 0) is 11.8 Å². The Morgan fingerprint density at radius 2 is 2.03 bits per heavy atom. The number of nitrogens with zero attached hydrogens (tertiary/aromatic N) is 5. The largest absolute Gasteiger partial charge is 0.539 e. The number of rotatable bonds is 5. The fourth-order valence-electron chi connectivity index (χ4n) is 2.75. The van der Waals surface area contributed by atoms with E-state index in [0.29, 0.717) is 15.7 Å². The molecule has 0 fully saturated rings. The summed E-state index contributed by atoms with van der Waals surface area (Å²) in [6.45, 7) is 1.58. The van der Waals surface area contributed by atoms with Gasteiger partial charge in [0.15, 0.2) is 13.0 Å². The number of carbonyl (C=O) groups excluding carboxylic acids is 1. The summed E-state index contributed by atoms with van der Waals surface area (Å²) in [6.07, 6.45) is 0. The molecule has 0 radical (unpaired) electrons. The number of hydrogen-bond donors (Lipinski definition) is 2. The summed E-state index contributed by atoms with van der Waals surface area (Å²) in [7, 11) is 1.41. The number of nitrogens with one attached hydrogen (secondary N) is 1. The molecule has 2 heterocycles. The van der Waals surface area contributed by atoms with Crippen LogP contribution in [0.4, 0.5) is 11.5 Å². The average Bonchev–Trinajstić information content (AvgIpc) is 3.07. The zero-order valence-electron chi connectivity index (χ0n) is 16.5. The van der Waals surface area contributed by atoms with Crippen molar-refractivity contribution in [1.29, 1.82) is 10.5 Å². The lowest BCUT2D eigenvalue weighted by Crippen LogP contribution is -2.32. The van der Waals surface area contributed by atoms with E-state index in [1.807, 2.05) is 12.1 Å². The summed E-state index contributed by atoms with van der Waals surface area (Å²) in [6, 6.07) is 8.41. The molecule has 0 aliphatic carbocycles. The minimum atomic E-state index is -0.858. The van der Waals surface area contributed by atoms with Crippen molar-refractivity contribution in [3.05, 3.63) is 39.4 Å². The number of pyridine rings is 1. The Hall–Kier alpha value is -3.51. The molecule has 0 spiro atoms. The molecular weight excluding hydrogens is 477 g/mol. The number of thioether (sulfide) groups is 1. The number of aryl methyl sites for hydroxylation is 1. The monoisotopic (exact) mass is 489 g/mol. The van der Waals surface area contributed by atoms with Gasteiger partial charge in [-0.15, -0.1) is 0 Å². The van der Waals surface area contributed by atoms with Crippen LogP contribution >= 0.6 is 35.0 Å². The molecule has 3 N–H and O–H groups in total. The van der Waals surface area contributed by atoms with E-state index in [-0.39, 0.29) is 33.2 Å². The van der Waals surface area contributed by atoms with Gasteiger partial charge in [-0.25, -0.2) is 4.98 Å². The van der Waals surface area contributed by atoms with Crippen molar-refractivity contribution in [2.45, 2.75) is 17.2 Å². The van der Waals surface area contributed by atoms with Crippen molar-refractivity contribution in [2.24, 2.45) is 7.05 Å². The van der Waals surface area contributed by atoms with E-state index in [2.05, 4.69) is 20.1 Å². The quantitative estimate of drug-likeness (QED) is 0.403. The lowest BCUT2D eigenvalue weighted by Gasteiger charge is -2.15. The number of hydrogen-bond acceptors (Lipinski definition) is 9. The van der Waals surface area contributed by atoms with Crippen LogP contribution in [-0.4, -0.2) is 21.4 Å². The topological polar surface area (TPSA) is 169 Å². The first-order valence-electron chi connectivity index (χ1n) is 8.77. The standard InChI is InChI=1S/C19H13Cl2N7O3S/c1-8(17(29)25-13-5-9(20)3-4-12(13)21)32-18-11(7-23)14(10(6-22)16(24)26-18)15-19(30)31-27-28(15)2/h3-5,8H,1-2H3,(H3-,24,25,26,27,29,30). The normalized spacial score (nSPS) is 11.4. The lowest BCUT2D eigenvalue weighted by molar-refractivity contribution is -0.730. The van der Waals surface area contributed by atoms with Crippen molar-refractivity contribution in [1.82, 2.24) is 10.3 Å². The van der Waals surface area contributed by atoms with E-state index in [0.717, 1.165) is 16.4 Å². The molecule has 3 rings (SSSR count). The Balaban J connectivity index is 2.02. The zero-order chi connectivity index (χ0) is 23.6. The van der Waals surface area contributed by atoms with Gasteiger partial charge in [0.1, 0.15) is 28.5 Å². The fraction of sp³-hybridized carbons (Fsp3) is 0.158. The maximum Gasteiger partial charge on any atom is 0.266 e. The van der Waals surface area contributed by atoms with Gasteiger partial charge in [-0.3, -0.25) is 4.79 Å². The first-order chi connectivity index (χ1) is 15.2. The highest BCUT2D eigenvalue weighted by molar-refractivity contribution is 8.00. The molecule has 32 heavy (non-hydrogen) atoms. The van der Waals surface area contributed by atoms with Crippen LogP contribution < -0.4 is 20.8 Å². The second kappa shape index (κ2) is 9.32. The minimum Gasteiger partial charge on any atom is -0.539 e. The van der Waals surface area contributed by atoms with E-state index >= 15 is 0 Å². The Morgan fingerprint density at radius 3 is 2.62 bits per heavy atom. The van der Waals surface area contributed by atoms with Gasteiger partial charge < -0.3 is 20.7 Å². The minimum absolute atomic E-state index is 0.0550. The van der Waals surface area contributed by atoms with E-state index in [1.165, 1.54) is 13.1 Å². The first kappa shape index (κ1) is 23.2. The molecule has 0 aliphatic rings. The highest BCUT2D eigenvalue weighted by Gasteiger charge is 2.30. The summed E-state index contributed by atoms with van der Waals surface area (Å²) in [4.78, 5) is 16.8. The Morgan fingerprint density at radius 1 is 1.34 bits per heavy atom. The maximum atomic E-state index is 12.7. The number of carbonyl (C=O) groups is 1. The number of nitrogen functional groups attached to an aromatic ring is 1. The number of amides is 1. The predicted octanol–water partition coefficient (Wildman–Crippen LogP) is 2.39. The Bertz CT molecular complexity index is 1290. The lowest BCUT2D eigenvalue weighted by atomic mass is 10.0. The average molecular weight is 490 g/mol. The van der Waals surface area contributed by atoms with Crippen molar-refractivity contribution in [3.63, 3.8) is 0 Å². The van der Waals surface area contributed by atoms with Gasteiger partial charge in [-0.2, -0.15) is 10.5 Å². The molecule has 0 bridgehead atoms. The predicted molar refractivity (Wildman–Crippen MR) is 115 cm³/mol. The van der Waals surface area contributed by atoms with E-state index in [4.69, 9.17) is 28.9 Å². The van der Waals surface area contributed by atoms with Crippen LogP contribution in [0.5, 0.6) is 5.95 Å².